The van der Waals surface area contributed by atoms with Crippen LogP contribution in [0.5, 0.6) is 0 Å². The third-order valence-corrected chi connectivity index (χ3v) is 3.86. The van der Waals surface area contributed by atoms with E-state index >= 15 is 0 Å². The summed E-state index contributed by atoms with van der Waals surface area (Å²) in [5, 5.41) is 21.4. The summed E-state index contributed by atoms with van der Waals surface area (Å²) in [6, 6.07) is 7.44. The van der Waals surface area contributed by atoms with Crippen LogP contribution in [0.4, 0.5) is 0 Å². The monoisotopic (exact) mass is 326 g/mol. The minimum Gasteiger partial charge on any atom is -0.480 e. The SMILES string of the molecule is CSCC[C@H](NC(=O)C(O)C(N)Cc1ccccc1)C(=O)O. The number of carboxylic acid groups (broad SMARTS) is 1. The van der Waals surface area contributed by atoms with E-state index < -0.39 is 30.1 Å². The van der Waals surface area contributed by atoms with Crippen molar-refractivity contribution in [1.29, 1.82) is 0 Å². The number of thioether (sulfide) groups is 1. The average Bonchev–Trinajstić information content (AvgIpc) is 2.51. The number of aliphatic carboxylic acids is 1. The second kappa shape index (κ2) is 9.45. The van der Waals surface area contributed by atoms with Crippen molar-refractivity contribution in [1.82, 2.24) is 5.32 Å². The van der Waals surface area contributed by atoms with Gasteiger partial charge in [-0.25, -0.2) is 4.79 Å². The van der Waals surface area contributed by atoms with Crippen molar-refractivity contribution in [2.75, 3.05) is 12.0 Å². The summed E-state index contributed by atoms with van der Waals surface area (Å²) in [6.45, 7) is 0. The number of amides is 1. The maximum atomic E-state index is 11.9. The highest BCUT2D eigenvalue weighted by atomic mass is 32.2. The molecular formula is C15H22N2O4S. The summed E-state index contributed by atoms with van der Waals surface area (Å²) in [7, 11) is 0. The molecular weight excluding hydrogens is 304 g/mol. The molecule has 0 saturated heterocycles. The lowest BCUT2D eigenvalue weighted by Gasteiger charge is -2.21. The van der Waals surface area contributed by atoms with Crippen LogP contribution in [0.1, 0.15) is 12.0 Å². The molecule has 1 aromatic rings. The largest absolute Gasteiger partial charge is 0.480 e. The van der Waals surface area contributed by atoms with Crippen molar-refractivity contribution in [2.24, 2.45) is 5.73 Å². The summed E-state index contributed by atoms with van der Waals surface area (Å²) in [6.07, 6.45) is 1.03. The van der Waals surface area contributed by atoms with Crippen molar-refractivity contribution >= 4 is 23.6 Å². The van der Waals surface area contributed by atoms with Crippen molar-refractivity contribution in [3.63, 3.8) is 0 Å². The molecule has 0 aliphatic rings. The Morgan fingerprint density at radius 1 is 1.32 bits per heavy atom. The highest BCUT2D eigenvalue weighted by Gasteiger charge is 2.27. The molecule has 22 heavy (non-hydrogen) atoms. The van der Waals surface area contributed by atoms with Crippen LogP contribution < -0.4 is 11.1 Å². The number of carbonyl (C=O) groups is 2. The summed E-state index contributed by atoms with van der Waals surface area (Å²) in [5.74, 6) is -1.27. The van der Waals surface area contributed by atoms with Gasteiger partial charge in [0.25, 0.3) is 5.91 Å². The smallest absolute Gasteiger partial charge is 0.326 e. The Morgan fingerprint density at radius 3 is 2.50 bits per heavy atom. The molecule has 0 saturated carbocycles. The number of carbonyl (C=O) groups excluding carboxylic acids is 1. The number of hydrogen-bond donors (Lipinski definition) is 4. The predicted molar refractivity (Wildman–Crippen MR) is 86.7 cm³/mol. The van der Waals surface area contributed by atoms with Gasteiger partial charge in [-0.15, -0.1) is 0 Å². The molecule has 0 aliphatic carbocycles. The average molecular weight is 326 g/mol. The Labute approximate surface area is 134 Å². The van der Waals surface area contributed by atoms with Gasteiger partial charge in [0.1, 0.15) is 12.1 Å². The number of carboxylic acids is 1. The minimum absolute atomic E-state index is 0.295. The van der Waals surface area contributed by atoms with E-state index in [4.69, 9.17) is 10.8 Å². The number of nitrogens with one attached hydrogen (secondary N) is 1. The van der Waals surface area contributed by atoms with Gasteiger partial charge in [-0.1, -0.05) is 30.3 Å². The van der Waals surface area contributed by atoms with Crippen LogP contribution in [0.2, 0.25) is 0 Å². The molecule has 3 atom stereocenters. The van der Waals surface area contributed by atoms with Gasteiger partial charge in [0.15, 0.2) is 0 Å². The second-order valence-electron chi connectivity index (χ2n) is 4.98. The number of aliphatic hydroxyl groups excluding tert-OH is 1. The van der Waals surface area contributed by atoms with Crippen LogP contribution in [0.3, 0.4) is 0 Å². The molecule has 1 rings (SSSR count). The molecule has 0 aliphatic heterocycles. The molecule has 0 heterocycles. The standard InChI is InChI=1S/C15H22N2O4S/c1-22-8-7-12(15(20)21)17-14(19)13(18)11(16)9-10-5-3-2-4-6-10/h2-6,11-13,18H,7-9,16H2,1H3,(H,17,19)(H,20,21)/t11?,12-,13?/m0/s1. The van der Waals surface area contributed by atoms with Crippen molar-refractivity contribution in [3.8, 4) is 0 Å². The molecule has 122 valence electrons. The third kappa shape index (κ3) is 6.05. The predicted octanol–water partition coefficient (Wildman–Crippen LogP) is 0.240. The van der Waals surface area contributed by atoms with Gasteiger partial charge in [0.05, 0.1) is 0 Å². The Kier molecular flexibility index (Phi) is 7.94. The molecule has 0 fully saturated rings. The molecule has 0 bridgehead atoms. The molecule has 1 aromatic carbocycles. The zero-order valence-corrected chi connectivity index (χ0v) is 13.3. The van der Waals surface area contributed by atoms with Crippen LogP contribution in [-0.4, -0.2) is 52.3 Å². The van der Waals surface area contributed by atoms with E-state index in [9.17, 15) is 14.7 Å². The lowest BCUT2D eigenvalue weighted by Crippen LogP contribution is -2.52. The van der Waals surface area contributed by atoms with E-state index in [0.29, 0.717) is 18.6 Å². The Bertz CT molecular complexity index is 484. The minimum atomic E-state index is -1.45. The summed E-state index contributed by atoms with van der Waals surface area (Å²) in [4.78, 5) is 23.0. The fourth-order valence-electron chi connectivity index (χ4n) is 1.94. The third-order valence-electron chi connectivity index (χ3n) is 3.21. The van der Waals surface area contributed by atoms with E-state index in [2.05, 4.69) is 5.32 Å². The van der Waals surface area contributed by atoms with Crippen LogP contribution >= 0.6 is 11.8 Å². The zero-order valence-electron chi connectivity index (χ0n) is 12.4. The van der Waals surface area contributed by atoms with Gasteiger partial charge in [0, 0.05) is 6.04 Å². The van der Waals surface area contributed by atoms with Gasteiger partial charge in [-0.05, 0) is 30.4 Å². The number of aliphatic hydroxyl groups is 1. The van der Waals surface area contributed by atoms with Gasteiger partial charge < -0.3 is 21.3 Å². The van der Waals surface area contributed by atoms with Crippen LogP contribution in [-0.2, 0) is 16.0 Å². The Hall–Kier alpha value is -1.57. The number of benzene rings is 1. The van der Waals surface area contributed by atoms with Crippen LogP contribution in [0, 0.1) is 0 Å². The fourth-order valence-corrected chi connectivity index (χ4v) is 2.41. The van der Waals surface area contributed by atoms with Crippen LogP contribution in [0.25, 0.3) is 0 Å². The van der Waals surface area contributed by atoms with Crippen molar-refractivity contribution in [2.45, 2.75) is 31.0 Å². The topological polar surface area (TPSA) is 113 Å². The fraction of sp³-hybridized carbons (Fsp3) is 0.467. The number of rotatable bonds is 9. The Morgan fingerprint density at radius 2 is 1.95 bits per heavy atom. The Balaban J connectivity index is 2.57. The molecule has 0 aromatic heterocycles. The van der Waals surface area contributed by atoms with Crippen LogP contribution in [0.15, 0.2) is 30.3 Å². The maximum Gasteiger partial charge on any atom is 0.326 e. The van der Waals surface area contributed by atoms with Crippen molar-refractivity contribution in [3.05, 3.63) is 35.9 Å². The molecule has 1 amide bonds. The molecule has 6 nitrogen and oxygen atoms in total. The van der Waals surface area contributed by atoms with Gasteiger partial charge in [-0.3, -0.25) is 4.79 Å². The first kappa shape index (κ1) is 18.5. The molecule has 0 radical (unpaired) electrons. The lowest BCUT2D eigenvalue weighted by molar-refractivity contribution is -0.143. The van der Waals surface area contributed by atoms with E-state index in [1.54, 1.807) is 0 Å². The van der Waals surface area contributed by atoms with Gasteiger partial charge in [-0.2, -0.15) is 11.8 Å². The second-order valence-corrected chi connectivity index (χ2v) is 5.96. The highest BCUT2D eigenvalue weighted by molar-refractivity contribution is 7.98. The zero-order chi connectivity index (χ0) is 16.5. The summed E-state index contributed by atoms with van der Waals surface area (Å²) in [5.41, 5.74) is 6.74. The first-order valence-corrected chi connectivity index (χ1v) is 8.34. The summed E-state index contributed by atoms with van der Waals surface area (Å²) >= 11 is 1.49. The molecule has 7 heteroatoms. The van der Waals surface area contributed by atoms with Gasteiger partial charge in [0.2, 0.25) is 0 Å². The molecule has 0 spiro atoms. The van der Waals surface area contributed by atoms with E-state index in [1.807, 2.05) is 36.6 Å². The van der Waals surface area contributed by atoms with Crippen molar-refractivity contribution < 1.29 is 19.8 Å². The number of nitrogens with two attached hydrogens (primary N) is 1. The quantitative estimate of drug-likeness (QED) is 0.517. The first-order valence-electron chi connectivity index (χ1n) is 6.95. The molecule has 2 unspecified atom stereocenters. The van der Waals surface area contributed by atoms with E-state index in [-0.39, 0.29) is 0 Å². The lowest BCUT2D eigenvalue weighted by atomic mass is 10.0. The summed E-state index contributed by atoms with van der Waals surface area (Å²) < 4.78 is 0. The first-order chi connectivity index (χ1) is 10.5. The number of hydrogen-bond acceptors (Lipinski definition) is 5. The van der Waals surface area contributed by atoms with Gasteiger partial charge >= 0.3 is 5.97 Å². The normalized spacial score (nSPS) is 14.9. The van der Waals surface area contributed by atoms with E-state index in [0.717, 1.165) is 5.56 Å². The highest BCUT2D eigenvalue weighted by Crippen LogP contribution is 2.06. The van der Waals surface area contributed by atoms with E-state index in [1.165, 1.54) is 11.8 Å². The maximum absolute atomic E-state index is 11.9. The molecule has 5 N–H and O–H groups in total.